The van der Waals surface area contributed by atoms with E-state index in [1.54, 1.807) is 13.0 Å². The van der Waals surface area contributed by atoms with Crippen molar-refractivity contribution in [3.05, 3.63) is 57.9 Å². The number of rotatable bonds is 4. The van der Waals surface area contributed by atoms with Crippen molar-refractivity contribution in [3.8, 4) is 0 Å². The summed E-state index contributed by atoms with van der Waals surface area (Å²) in [6.07, 6.45) is 0. The van der Waals surface area contributed by atoms with Crippen LogP contribution in [-0.2, 0) is 14.8 Å². The maximum absolute atomic E-state index is 14.3. The number of ether oxygens (including phenoxy) is 1. The molecule has 1 fully saturated rings. The van der Waals surface area contributed by atoms with Gasteiger partial charge in [-0.05, 0) is 49.2 Å². The van der Waals surface area contributed by atoms with Gasteiger partial charge in [0.2, 0.25) is 10.0 Å². The van der Waals surface area contributed by atoms with Crippen molar-refractivity contribution in [3.63, 3.8) is 0 Å². The average molecular weight is 427 g/mol. The number of aryl methyl sites for hydroxylation is 2. The average Bonchev–Trinajstić information content (AvgIpc) is 2.65. The maximum Gasteiger partial charge on any atom is 0.255 e. The van der Waals surface area contributed by atoms with Crippen LogP contribution >= 0.6 is 11.6 Å². The van der Waals surface area contributed by atoms with Gasteiger partial charge >= 0.3 is 0 Å². The van der Waals surface area contributed by atoms with Crippen LogP contribution in [-0.4, -0.2) is 44.9 Å². The van der Waals surface area contributed by atoms with Gasteiger partial charge < -0.3 is 10.1 Å². The van der Waals surface area contributed by atoms with Crippen LogP contribution in [0.5, 0.6) is 0 Å². The molecule has 9 heteroatoms. The highest BCUT2D eigenvalue weighted by Crippen LogP contribution is 2.28. The molecule has 0 aromatic heterocycles. The van der Waals surface area contributed by atoms with Gasteiger partial charge in [0.05, 0.1) is 23.9 Å². The van der Waals surface area contributed by atoms with Crippen LogP contribution in [0, 0.1) is 19.7 Å². The fourth-order valence-corrected chi connectivity index (χ4v) is 4.89. The predicted molar refractivity (Wildman–Crippen MR) is 105 cm³/mol. The van der Waals surface area contributed by atoms with E-state index in [4.69, 9.17) is 16.3 Å². The van der Waals surface area contributed by atoms with Crippen molar-refractivity contribution in [2.75, 3.05) is 31.6 Å². The number of halogens is 2. The third-order valence-corrected chi connectivity index (χ3v) is 6.66. The molecule has 2 aromatic rings. The van der Waals surface area contributed by atoms with Crippen LogP contribution < -0.4 is 5.32 Å². The highest BCUT2D eigenvalue weighted by molar-refractivity contribution is 7.89. The van der Waals surface area contributed by atoms with Crippen LogP contribution in [0.2, 0.25) is 5.02 Å². The van der Waals surface area contributed by atoms with Crippen molar-refractivity contribution in [1.29, 1.82) is 0 Å². The number of nitrogens with zero attached hydrogens (tertiary/aromatic N) is 1. The minimum Gasteiger partial charge on any atom is -0.379 e. The fourth-order valence-electron chi connectivity index (χ4n) is 3.03. The minimum atomic E-state index is -4.07. The second kappa shape index (κ2) is 8.16. The van der Waals surface area contributed by atoms with E-state index in [1.807, 2.05) is 13.0 Å². The summed E-state index contributed by atoms with van der Waals surface area (Å²) in [6, 6.07) is 6.84. The lowest BCUT2D eigenvalue weighted by molar-refractivity contribution is 0.0729. The molecule has 0 bridgehead atoms. The molecule has 2 aromatic carbocycles. The largest absolute Gasteiger partial charge is 0.379 e. The van der Waals surface area contributed by atoms with E-state index in [9.17, 15) is 17.6 Å². The van der Waals surface area contributed by atoms with E-state index >= 15 is 0 Å². The summed E-state index contributed by atoms with van der Waals surface area (Å²) < 4.78 is 46.1. The molecule has 28 heavy (non-hydrogen) atoms. The van der Waals surface area contributed by atoms with Crippen molar-refractivity contribution >= 4 is 33.2 Å². The lowest BCUT2D eigenvalue weighted by Gasteiger charge is -2.26. The van der Waals surface area contributed by atoms with Gasteiger partial charge in [-0.2, -0.15) is 4.31 Å². The smallest absolute Gasteiger partial charge is 0.255 e. The molecule has 0 aliphatic carbocycles. The molecule has 6 nitrogen and oxygen atoms in total. The number of carbonyl (C=O) groups excluding carboxylic acids is 1. The Morgan fingerprint density at radius 1 is 1.18 bits per heavy atom. The molecule has 3 rings (SSSR count). The Morgan fingerprint density at radius 2 is 1.86 bits per heavy atom. The summed E-state index contributed by atoms with van der Waals surface area (Å²) in [7, 11) is -4.07. The highest BCUT2D eigenvalue weighted by atomic mass is 35.5. The highest BCUT2D eigenvalue weighted by Gasteiger charge is 2.30. The first-order valence-electron chi connectivity index (χ1n) is 8.65. The summed E-state index contributed by atoms with van der Waals surface area (Å²) >= 11 is 6.21. The van der Waals surface area contributed by atoms with E-state index in [2.05, 4.69) is 5.32 Å². The Morgan fingerprint density at radius 3 is 2.50 bits per heavy atom. The molecule has 1 amide bonds. The first kappa shape index (κ1) is 20.7. The molecule has 1 heterocycles. The molecule has 1 aliphatic heterocycles. The van der Waals surface area contributed by atoms with Gasteiger partial charge in [0.15, 0.2) is 0 Å². The lowest BCUT2D eigenvalue weighted by atomic mass is 10.1. The molecule has 1 aliphatic rings. The quantitative estimate of drug-likeness (QED) is 0.813. The van der Waals surface area contributed by atoms with Crippen molar-refractivity contribution < 1.29 is 22.3 Å². The topological polar surface area (TPSA) is 75.7 Å². The SMILES string of the molecule is Cc1cc(C)c(NC(=O)c2ccc(F)c(S(=O)(=O)N3CCOCC3)c2)c(Cl)c1. The van der Waals surface area contributed by atoms with Crippen LogP contribution in [0.3, 0.4) is 0 Å². The number of sulfonamides is 1. The van der Waals surface area contributed by atoms with Crippen molar-refractivity contribution in [2.45, 2.75) is 18.7 Å². The molecule has 0 spiro atoms. The number of benzene rings is 2. The third-order valence-electron chi connectivity index (χ3n) is 4.45. The monoisotopic (exact) mass is 426 g/mol. The van der Waals surface area contributed by atoms with Gasteiger partial charge in [0.1, 0.15) is 10.7 Å². The number of anilines is 1. The second-order valence-corrected chi connectivity index (χ2v) is 8.87. The van der Waals surface area contributed by atoms with Crippen molar-refractivity contribution in [1.82, 2.24) is 4.31 Å². The normalized spacial score (nSPS) is 15.4. The van der Waals surface area contributed by atoms with Crippen LogP contribution in [0.15, 0.2) is 35.2 Å². The summed E-state index contributed by atoms with van der Waals surface area (Å²) in [5, 5.41) is 3.05. The summed E-state index contributed by atoms with van der Waals surface area (Å²) in [6.45, 7) is 4.44. The standard InChI is InChI=1S/C19H20ClFN2O4S/c1-12-9-13(2)18(15(20)10-12)22-19(24)14-3-4-16(21)17(11-14)28(25,26)23-5-7-27-8-6-23/h3-4,9-11H,5-8H2,1-2H3,(H,22,24). The molecule has 1 N–H and O–H groups in total. The minimum absolute atomic E-state index is 0.0178. The third kappa shape index (κ3) is 4.20. The van der Waals surface area contributed by atoms with Gasteiger partial charge in [-0.25, -0.2) is 12.8 Å². The first-order chi connectivity index (χ1) is 13.2. The van der Waals surface area contributed by atoms with Gasteiger partial charge in [-0.1, -0.05) is 17.7 Å². The zero-order valence-electron chi connectivity index (χ0n) is 15.5. The van der Waals surface area contributed by atoms with Crippen LogP contribution in [0.1, 0.15) is 21.5 Å². The summed E-state index contributed by atoms with van der Waals surface area (Å²) in [4.78, 5) is 12.1. The predicted octanol–water partition coefficient (Wildman–Crippen LogP) is 3.37. The van der Waals surface area contributed by atoms with Crippen LogP contribution in [0.25, 0.3) is 0 Å². The van der Waals surface area contributed by atoms with Gasteiger partial charge in [-0.15, -0.1) is 0 Å². The fraction of sp³-hybridized carbons (Fsp3) is 0.316. The Kier molecular flexibility index (Phi) is 6.04. The number of nitrogens with one attached hydrogen (secondary N) is 1. The molecule has 0 saturated carbocycles. The van der Waals surface area contributed by atoms with E-state index in [1.165, 1.54) is 6.07 Å². The van der Waals surface area contributed by atoms with Gasteiger partial charge in [-0.3, -0.25) is 4.79 Å². The van der Waals surface area contributed by atoms with Gasteiger partial charge in [0, 0.05) is 18.7 Å². The number of hydrogen-bond donors (Lipinski definition) is 1. The van der Waals surface area contributed by atoms with E-state index in [-0.39, 0.29) is 31.9 Å². The molecule has 0 radical (unpaired) electrons. The molecular weight excluding hydrogens is 407 g/mol. The Labute approximate surface area is 168 Å². The molecule has 1 saturated heterocycles. The molecule has 0 atom stereocenters. The molecular formula is C19H20ClFN2O4S. The zero-order chi connectivity index (χ0) is 20.5. The maximum atomic E-state index is 14.3. The van der Waals surface area contributed by atoms with Crippen LogP contribution in [0.4, 0.5) is 10.1 Å². The summed E-state index contributed by atoms with van der Waals surface area (Å²) in [5.41, 5.74) is 2.16. The number of carbonyl (C=O) groups is 1. The Balaban J connectivity index is 1.92. The second-order valence-electron chi connectivity index (χ2n) is 6.55. The number of morpholine rings is 1. The molecule has 0 unspecified atom stereocenters. The zero-order valence-corrected chi connectivity index (χ0v) is 17.0. The number of amides is 1. The Hall–Kier alpha value is -2.00. The number of hydrogen-bond acceptors (Lipinski definition) is 4. The van der Waals surface area contributed by atoms with Crippen molar-refractivity contribution in [2.24, 2.45) is 0 Å². The lowest BCUT2D eigenvalue weighted by Crippen LogP contribution is -2.41. The Bertz CT molecular complexity index is 998. The molecule has 150 valence electrons. The summed E-state index contributed by atoms with van der Waals surface area (Å²) in [5.74, 6) is -1.49. The van der Waals surface area contributed by atoms with E-state index in [0.717, 1.165) is 27.6 Å². The van der Waals surface area contributed by atoms with E-state index in [0.29, 0.717) is 10.7 Å². The first-order valence-corrected chi connectivity index (χ1v) is 10.5. The van der Waals surface area contributed by atoms with Gasteiger partial charge in [0.25, 0.3) is 5.91 Å². The van der Waals surface area contributed by atoms with E-state index < -0.39 is 26.6 Å².